The number of hydrogen-bond acceptors (Lipinski definition) is 5. The maximum absolute atomic E-state index is 14.5. The fourth-order valence-corrected chi connectivity index (χ4v) is 5.06. The average molecular weight is 610 g/mol. The first-order valence-corrected chi connectivity index (χ1v) is 16.1. The Labute approximate surface area is 265 Å². The molecule has 0 fully saturated rings. The van der Waals surface area contributed by atoms with E-state index in [0.717, 1.165) is 48.8 Å². The highest BCUT2D eigenvalue weighted by molar-refractivity contribution is 5.99. The SMILES string of the molecule is CCCCCCCCN(C(=O)C(CC(C)C)NC(=O)OC(C)(C)C)C(C(=O)Nc1ccc(OC)cc1)c1ccc(C)c(C)c1. The standard InChI is InChI=1S/C36H55N3O5/c1-10-11-12-13-14-15-22-39(34(41)31(23-25(2)3)38-35(42)44-36(6,7)8)32(28-17-16-26(4)27(5)24-28)33(40)37-29-18-20-30(43-9)21-19-29/h16-21,24-25,31-32H,10-15,22-23H2,1-9H3,(H,37,40)(H,38,42). The lowest BCUT2D eigenvalue weighted by atomic mass is 9.96. The zero-order chi connectivity index (χ0) is 32.9. The summed E-state index contributed by atoms with van der Waals surface area (Å²) in [5.41, 5.74) is 2.73. The smallest absolute Gasteiger partial charge is 0.408 e. The molecule has 0 aromatic heterocycles. The molecule has 8 nitrogen and oxygen atoms in total. The summed E-state index contributed by atoms with van der Waals surface area (Å²) in [6.07, 6.45) is 5.97. The highest BCUT2D eigenvalue weighted by Crippen LogP contribution is 2.28. The van der Waals surface area contributed by atoms with Crippen molar-refractivity contribution in [2.45, 2.75) is 118 Å². The lowest BCUT2D eigenvalue weighted by molar-refractivity contribution is -0.141. The Morgan fingerprint density at radius 3 is 2.09 bits per heavy atom. The Bertz CT molecular complexity index is 1200. The second-order valence-electron chi connectivity index (χ2n) is 13.1. The van der Waals surface area contributed by atoms with Crippen LogP contribution in [0.1, 0.15) is 109 Å². The minimum Gasteiger partial charge on any atom is -0.497 e. The summed E-state index contributed by atoms with van der Waals surface area (Å²) in [6, 6.07) is 11.2. The van der Waals surface area contributed by atoms with Crippen LogP contribution in [0.3, 0.4) is 0 Å². The Kier molecular flexibility index (Phi) is 14.7. The lowest BCUT2D eigenvalue weighted by Crippen LogP contribution is -2.53. The van der Waals surface area contributed by atoms with Crippen LogP contribution in [-0.4, -0.2) is 48.1 Å². The number of hydrogen-bond donors (Lipinski definition) is 2. The van der Waals surface area contributed by atoms with Crippen molar-refractivity contribution in [1.29, 1.82) is 0 Å². The van der Waals surface area contributed by atoms with Crippen molar-refractivity contribution < 1.29 is 23.9 Å². The molecule has 0 aliphatic heterocycles. The summed E-state index contributed by atoms with van der Waals surface area (Å²) < 4.78 is 10.8. The molecule has 0 saturated carbocycles. The van der Waals surface area contributed by atoms with Gasteiger partial charge in [0.15, 0.2) is 0 Å². The molecule has 2 rings (SSSR count). The van der Waals surface area contributed by atoms with Gasteiger partial charge in [-0.2, -0.15) is 0 Å². The number of unbranched alkanes of at least 4 members (excludes halogenated alkanes) is 5. The molecule has 2 aromatic rings. The number of benzene rings is 2. The van der Waals surface area contributed by atoms with Crippen LogP contribution in [-0.2, 0) is 14.3 Å². The van der Waals surface area contributed by atoms with Gasteiger partial charge in [0.2, 0.25) is 5.91 Å². The molecule has 0 heterocycles. The highest BCUT2D eigenvalue weighted by Gasteiger charge is 2.36. The number of ether oxygens (including phenoxy) is 2. The maximum atomic E-state index is 14.5. The van der Waals surface area contributed by atoms with Gasteiger partial charge in [0.25, 0.3) is 5.91 Å². The fraction of sp³-hybridized carbons (Fsp3) is 0.583. The van der Waals surface area contributed by atoms with Gasteiger partial charge in [-0.15, -0.1) is 0 Å². The van der Waals surface area contributed by atoms with E-state index in [1.54, 1.807) is 57.0 Å². The number of anilines is 1. The van der Waals surface area contributed by atoms with Gasteiger partial charge < -0.3 is 25.0 Å². The summed E-state index contributed by atoms with van der Waals surface area (Å²) in [6.45, 7) is 16.0. The van der Waals surface area contributed by atoms with Gasteiger partial charge in [0.05, 0.1) is 7.11 Å². The second kappa shape index (κ2) is 17.7. The Morgan fingerprint density at radius 1 is 0.886 bits per heavy atom. The first-order chi connectivity index (χ1) is 20.7. The molecule has 0 saturated heterocycles. The van der Waals surface area contributed by atoms with Crippen LogP contribution in [0, 0.1) is 19.8 Å². The third-order valence-electron chi connectivity index (χ3n) is 7.50. The van der Waals surface area contributed by atoms with Crippen LogP contribution in [0.15, 0.2) is 42.5 Å². The molecule has 0 aliphatic carbocycles. The second-order valence-corrected chi connectivity index (χ2v) is 13.1. The summed E-state index contributed by atoms with van der Waals surface area (Å²) in [4.78, 5) is 43.3. The van der Waals surface area contributed by atoms with E-state index in [4.69, 9.17) is 9.47 Å². The van der Waals surface area contributed by atoms with E-state index in [0.29, 0.717) is 24.4 Å². The van der Waals surface area contributed by atoms with Crippen molar-refractivity contribution in [3.05, 3.63) is 59.2 Å². The Hall–Kier alpha value is -3.55. The third-order valence-corrected chi connectivity index (χ3v) is 7.50. The van der Waals surface area contributed by atoms with E-state index in [1.807, 2.05) is 45.9 Å². The van der Waals surface area contributed by atoms with Gasteiger partial charge in [-0.05, 0) is 94.3 Å². The fourth-order valence-electron chi connectivity index (χ4n) is 5.06. The molecule has 244 valence electrons. The van der Waals surface area contributed by atoms with Gasteiger partial charge in [-0.1, -0.05) is 71.1 Å². The van der Waals surface area contributed by atoms with Gasteiger partial charge >= 0.3 is 6.09 Å². The van der Waals surface area contributed by atoms with Crippen molar-refractivity contribution in [2.24, 2.45) is 5.92 Å². The molecule has 2 N–H and O–H groups in total. The number of amides is 3. The molecule has 0 radical (unpaired) electrons. The molecular formula is C36H55N3O5. The van der Waals surface area contributed by atoms with Crippen molar-refractivity contribution in [1.82, 2.24) is 10.2 Å². The predicted octanol–water partition coefficient (Wildman–Crippen LogP) is 8.12. The van der Waals surface area contributed by atoms with Gasteiger partial charge in [-0.25, -0.2) is 4.79 Å². The number of carbonyl (C=O) groups is 3. The topological polar surface area (TPSA) is 97.0 Å². The quantitative estimate of drug-likeness (QED) is 0.187. The Balaban J connectivity index is 2.54. The molecule has 3 amide bonds. The van der Waals surface area contributed by atoms with Crippen molar-refractivity contribution in [3.63, 3.8) is 0 Å². The molecule has 2 unspecified atom stereocenters. The molecule has 2 atom stereocenters. The summed E-state index contributed by atoms with van der Waals surface area (Å²) in [7, 11) is 1.59. The monoisotopic (exact) mass is 609 g/mol. The number of methoxy groups -OCH3 is 1. The third kappa shape index (κ3) is 12.2. The predicted molar refractivity (Wildman–Crippen MR) is 178 cm³/mol. The number of nitrogens with zero attached hydrogens (tertiary/aromatic N) is 1. The number of aryl methyl sites for hydroxylation is 2. The minimum atomic E-state index is -0.908. The molecule has 8 heteroatoms. The summed E-state index contributed by atoms with van der Waals surface area (Å²) in [5, 5.41) is 5.86. The molecule has 0 spiro atoms. The average Bonchev–Trinajstić information content (AvgIpc) is 2.94. The zero-order valence-corrected chi connectivity index (χ0v) is 28.4. The van der Waals surface area contributed by atoms with E-state index in [1.165, 1.54) is 6.42 Å². The van der Waals surface area contributed by atoms with Crippen molar-refractivity contribution in [2.75, 3.05) is 19.0 Å². The van der Waals surface area contributed by atoms with E-state index in [2.05, 4.69) is 17.6 Å². The lowest BCUT2D eigenvalue weighted by Gasteiger charge is -2.35. The van der Waals surface area contributed by atoms with Crippen LogP contribution < -0.4 is 15.4 Å². The molecule has 0 aliphatic rings. The van der Waals surface area contributed by atoms with E-state index in [-0.39, 0.29) is 17.7 Å². The number of carbonyl (C=O) groups excluding carboxylic acids is 3. The Morgan fingerprint density at radius 2 is 1.52 bits per heavy atom. The van der Waals surface area contributed by atoms with Crippen LogP contribution >= 0.6 is 0 Å². The van der Waals surface area contributed by atoms with Crippen LogP contribution in [0.2, 0.25) is 0 Å². The summed E-state index contributed by atoms with van der Waals surface area (Å²) >= 11 is 0. The zero-order valence-electron chi connectivity index (χ0n) is 28.4. The van der Waals surface area contributed by atoms with E-state index in [9.17, 15) is 14.4 Å². The molecule has 44 heavy (non-hydrogen) atoms. The van der Waals surface area contributed by atoms with Crippen LogP contribution in [0.4, 0.5) is 10.5 Å². The van der Waals surface area contributed by atoms with E-state index < -0.39 is 23.8 Å². The molecule has 2 aromatic carbocycles. The van der Waals surface area contributed by atoms with Crippen LogP contribution in [0.5, 0.6) is 5.75 Å². The number of alkyl carbamates (subject to hydrolysis) is 1. The normalized spacial score (nSPS) is 12.8. The number of nitrogens with one attached hydrogen (secondary N) is 2. The molecular weight excluding hydrogens is 554 g/mol. The molecule has 0 bridgehead atoms. The van der Waals surface area contributed by atoms with Crippen molar-refractivity contribution >= 4 is 23.6 Å². The minimum absolute atomic E-state index is 0.114. The van der Waals surface area contributed by atoms with E-state index >= 15 is 0 Å². The van der Waals surface area contributed by atoms with Gasteiger partial charge in [0, 0.05) is 12.2 Å². The van der Waals surface area contributed by atoms with Crippen molar-refractivity contribution in [3.8, 4) is 5.75 Å². The number of rotatable bonds is 16. The maximum Gasteiger partial charge on any atom is 0.408 e. The largest absolute Gasteiger partial charge is 0.497 e. The highest BCUT2D eigenvalue weighted by atomic mass is 16.6. The summed E-state index contributed by atoms with van der Waals surface area (Å²) in [5.74, 6) is 0.172. The first kappa shape index (κ1) is 36.6. The first-order valence-electron chi connectivity index (χ1n) is 16.1. The van der Waals surface area contributed by atoms with Gasteiger partial charge in [0.1, 0.15) is 23.4 Å². The van der Waals surface area contributed by atoms with Crippen LogP contribution in [0.25, 0.3) is 0 Å². The van der Waals surface area contributed by atoms with Gasteiger partial charge in [-0.3, -0.25) is 9.59 Å².